The van der Waals surface area contributed by atoms with E-state index in [0.717, 1.165) is 18.0 Å². The van der Waals surface area contributed by atoms with Gasteiger partial charge in [0.05, 0.1) is 23.4 Å². The molecule has 4 nitrogen and oxygen atoms in total. The van der Waals surface area contributed by atoms with Gasteiger partial charge in [-0.1, -0.05) is 23.7 Å². The van der Waals surface area contributed by atoms with E-state index in [1.807, 2.05) is 61.3 Å². The summed E-state index contributed by atoms with van der Waals surface area (Å²) in [4.78, 5) is 9.68. The van der Waals surface area contributed by atoms with Crippen molar-refractivity contribution in [2.75, 3.05) is 0 Å². The van der Waals surface area contributed by atoms with Gasteiger partial charge in [0.2, 0.25) is 0 Å². The molecule has 1 aliphatic rings. The first-order valence-electron chi connectivity index (χ1n) is 7.74. The van der Waals surface area contributed by atoms with E-state index in [2.05, 4.69) is 37.8 Å². The van der Waals surface area contributed by atoms with Crippen molar-refractivity contribution in [2.45, 2.75) is 28.6 Å². The summed E-state index contributed by atoms with van der Waals surface area (Å²) < 4.78 is 4.22. The van der Waals surface area contributed by atoms with E-state index in [1.165, 1.54) is 10.5 Å². The van der Waals surface area contributed by atoms with Crippen LogP contribution in [0.4, 0.5) is 0 Å². The molecule has 122 valence electrons. The molecular formula is C18H17ClN4S. The van der Waals surface area contributed by atoms with Crippen LogP contribution in [0, 0.1) is 0 Å². The number of halogens is 1. The molecule has 2 unspecified atom stereocenters. The van der Waals surface area contributed by atoms with Gasteiger partial charge in [-0.25, -0.2) is 9.97 Å². The van der Waals surface area contributed by atoms with Crippen LogP contribution in [0.1, 0.15) is 18.0 Å². The highest BCUT2D eigenvalue weighted by atomic mass is 35.5. The average molecular weight is 357 g/mol. The number of benzene rings is 1. The van der Waals surface area contributed by atoms with Crippen LogP contribution in [0.15, 0.2) is 73.2 Å². The van der Waals surface area contributed by atoms with Gasteiger partial charge in [0.15, 0.2) is 0 Å². The van der Waals surface area contributed by atoms with Gasteiger partial charge >= 0.3 is 0 Å². The molecule has 0 N–H and O–H groups in total. The second-order valence-electron chi connectivity index (χ2n) is 5.99. The van der Waals surface area contributed by atoms with Crippen molar-refractivity contribution >= 4 is 23.4 Å². The number of hydrogen-bond acceptors (Lipinski definition) is 3. The lowest BCUT2D eigenvalue weighted by molar-refractivity contribution is 0.383. The maximum atomic E-state index is 6.24. The van der Waals surface area contributed by atoms with Gasteiger partial charge in [-0.15, -0.1) is 18.3 Å². The van der Waals surface area contributed by atoms with Crippen molar-refractivity contribution in [1.82, 2.24) is 19.1 Å². The molecule has 0 saturated carbocycles. The van der Waals surface area contributed by atoms with Crippen LogP contribution in [-0.2, 0) is 6.54 Å². The second kappa shape index (κ2) is 6.15. The van der Waals surface area contributed by atoms with Crippen molar-refractivity contribution in [3.8, 4) is 0 Å². The number of allylic oxidation sites excluding steroid dienone is 1. The van der Waals surface area contributed by atoms with E-state index in [-0.39, 0.29) is 10.8 Å². The van der Waals surface area contributed by atoms with Crippen molar-refractivity contribution in [2.24, 2.45) is 0 Å². The minimum Gasteiger partial charge on any atom is -0.336 e. The van der Waals surface area contributed by atoms with Crippen LogP contribution < -0.4 is 0 Å². The fraction of sp³-hybridized carbons (Fsp3) is 0.222. The minimum atomic E-state index is -0.101. The van der Waals surface area contributed by atoms with Crippen LogP contribution in [0.2, 0.25) is 5.02 Å². The van der Waals surface area contributed by atoms with Gasteiger partial charge in [0.25, 0.3) is 0 Å². The molecule has 0 aliphatic carbocycles. The second-order valence-corrected chi connectivity index (χ2v) is 7.88. The van der Waals surface area contributed by atoms with Crippen LogP contribution in [-0.4, -0.2) is 23.8 Å². The van der Waals surface area contributed by atoms with Crippen molar-refractivity contribution in [3.05, 3.63) is 78.9 Å². The first-order chi connectivity index (χ1) is 11.7. The van der Waals surface area contributed by atoms with Gasteiger partial charge in [0.1, 0.15) is 0 Å². The molecule has 1 aliphatic heterocycles. The van der Waals surface area contributed by atoms with Crippen molar-refractivity contribution in [3.63, 3.8) is 0 Å². The van der Waals surface area contributed by atoms with E-state index >= 15 is 0 Å². The summed E-state index contributed by atoms with van der Waals surface area (Å²) in [5.41, 5.74) is 1.28. The topological polar surface area (TPSA) is 35.6 Å². The Labute approximate surface area is 150 Å². The molecule has 0 saturated heterocycles. The Morgan fingerprint density at radius 3 is 2.79 bits per heavy atom. The zero-order valence-electron chi connectivity index (χ0n) is 13.0. The van der Waals surface area contributed by atoms with Gasteiger partial charge < -0.3 is 9.13 Å². The standard InChI is InChI=1S/C18H17ClN4S/c1-2-5-18(11-22-8-6-20-12-22)17(23-9-7-21-13-23)15-4-3-14(19)10-16(15)24-18/h2-4,6-10,12-13,17H,1,5,11H2. The SMILES string of the molecule is C=CCC1(Cn2ccnc2)Sc2cc(Cl)ccc2C1n1ccnc1. The highest BCUT2D eigenvalue weighted by Crippen LogP contribution is 2.56. The Kier molecular flexibility index (Phi) is 3.98. The summed E-state index contributed by atoms with van der Waals surface area (Å²) in [7, 11) is 0. The Morgan fingerprint density at radius 1 is 1.25 bits per heavy atom. The monoisotopic (exact) mass is 356 g/mol. The predicted molar refractivity (Wildman–Crippen MR) is 97.4 cm³/mol. The number of nitrogens with zero attached hydrogens (tertiary/aromatic N) is 4. The Bertz CT molecular complexity index is 844. The maximum absolute atomic E-state index is 6.24. The quantitative estimate of drug-likeness (QED) is 0.634. The third kappa shape index (κ3) is 2.58. The summed E-state index contributed by atoms with van der Waals surface area (Å²) in [5, 5.41) is 0.766. The molecule has 1 aromatic carbocycles. The average Bonchev–Trinajstić information content (AvgIpc) is 3.27. The lowest BCUT2D eigenvalue weighted by Gasteiger charge is -2.35. The fourth-order valence-electron chi connectivity index (χ4n) is 3.51. The Morgan fingerprint density at radius 2 is 2.08 bits per heavy atom. The van der Waals surface area contributed by atoms with E-state index < -0.39 is 0 Å². The smallest absolute Gasteiger partial charge is 0.0952 e. The fourth-order valence-corrected chi connectivity index (χ4v) is 5.44. The lowest BCUT2D eigenvalue weighted by Crippen LogP contribution is -2.37. The zero-order chi connectivity index (χ0) is 16.6. The number of imidazole rings is 2. The molecule has 2 aromatic heterocycles. The molecule has 3 aromatic rings. The number of fused-ring (bicyclic) bond motifs is 1. The molecule has 6 heteroatoms. The Balaban J connectivity index is 1.86. The molecule has 0 spiro atoms. The van der Waals surface area contributed by atoms with Crippen LogP contribution in [0.25, 0.3) is 0 Å². The summed E-state index contributed by atoms with van der Waals surface area (Å²) in [6, 6.07) is 6.32. The third-order valence-corrected chi connectivity index (χ3v) is 6.14. The van der Waals surface area contributed by atoms with Crippen molar-refractivity contribution < 1.29 is 0 Å². The predicted octanol–water partition coefficient (Wildman–Crippen LogP) is 4.44. The summed E-state index contributed by atoms with van der Waals surface area (Å²) in [6.45, 7) is 4.84. The Hall–Kier alpha value is -1.98. The molecule has 0 fully saturated rings. The zero-order valence-corrected chi connectivity index (χ0v) is 14.6. The van der Waals surface area contributed by atoms with Gasteiger partial charge in [0, 0.05) is 41.3 Å². The van der Waals surface area contributed by atoms with E-state index in [1.54, 1.807) is 0 Å². The lowest BCUT2D eigenvalue weighted by atomic mass is 9.89. The van der Waals surface area contributed by atoms with E-state index in [4.69, 9.17) is 11.6 Å². The molecule has 4 rings (SSSR count). The summed E-state index contributed by atoms with van der Waals surface area (Å²) >= 11 is 8.12. The molecule has 0 amide bonds. The van der Waals surface area contributed by atoms with Crippen LogP contribution in [0.5, 0.6) is 0 Å². The van der Waals surface area contributed by atoms with E-state index in [0.29, 0.717) is 0 Å². The van der Waals surface area contributed by atoms with Gasteiger partial charge in [-0.2, -0.15) is 0 Å². The largest absolute Gasteiger partial charge is 0.336 e. The molecule has 24 heavy (non-hydrogen) atoms. The summed E-state index contributed by atoms with van der Waals surface area (Å²) in [5.74, 6) is 0. The molecule has 3 heterocycles. The first kappa shape index (κ1) is 15.5. The number of hydrogen-bond donors (Lipinski definition) is 0. The first-order valence-corrected chi connectivity index (χ1v) is 8.94. The van der Waals surface area contributed by atoms with Gasteiger partial charge in [-0.05, 0) is 24.1 Å². The molecular weight excluding hydrogens is 340 g/mol. The van der Waals surface area contributed by atoms with E-state index in [9.17, 15) is 0 Å². The summed E-state index contributed by atoms with van der Waals surface area (Å²) in [6.07, 6.45) is 14.3. The minimum absolute atomic E-state index is 0.101. The highest BCUT2D eigenvalue weighted by molar-refractivity contribution is 8.01. The van der Waals surface area contributed by atoms with Crippen LogP contribution >= 0.6 is 23.4 Å². The van der Waals surface area contributed by atoms with Crippen LogP contribution in [0.3, 0.4) is 0 Å². The number of aromatic nitrogens is 4. The highest BCUT2D eigenvalue weighted by Gasteiger charge is 2.47. The molecule has 2 atom stereocenters. The maximum Gasteiger partial charge on any atom is 0.0952 e. The number of thioether (sulfide) groups is 1. The molecule has 0 bridgehead atoms. The normalized spacial score (nSPS) is 22.5. The van der Waals surface area contributed by atoms with Crippen molar-refractivity contribution in [1.29, 1.82) is 0 Å². The van der Waals surface area contributed by atoms with Gasteiger partial charge in [-0.3, -0.25) is 0 Å². The number of rotatable bonds is 5. The molecule has 0 radical (unpaired) electrons. The third-order valence-electron chi connectivity index (χ3n) is 4.40.